The molecule has 0 saturated heterocycles. The Labute approximate surface area is 117 Å². The average molecular weight is 279 g/mol. The van der Waals surface area contributed by atoms with Gasteiger partial charge in [-0.15, -0.1) is 0 Å². The maximum atomic E-state index is 10.1. The molecule has 1 aromatic carbocycles. The van der Waals surface area contributed by atoms with E-state index in [0.29, 0.717) is 12.5 Å². The molecule has 0 saturated carbocycles. The van der Waals surface area contributed by atoms with Crippen molar-refractivity contribution in [2.45, 2.75) is 32.8 Å². The highest BCUT2D eigenvalue weighted by molar-refractivity contribution is 7.22. The number of nitrogens with two attached hydrogens (primary N) is 1. The largest absolute Gasteiger partial charge is 0.399 e. The minimum absolute atomic E-state index is 0.327. The molecule has 2 aromatic rings. The monoisotopic (exact) mass is 279 g/mol. The van der Waals surface area contributed by atoms with Gasteiger partial charge >= 0.3 is 0 Å². The normalized spacial score (nSPS) is 13.1. The van der Waals surface area contributed by atoms with Gasteiger partial charge in [0.05, 0.1) is 16.3 Å². The zero-order chi connectivity index (χ0) is 13.8. The number of aliphatic hydroxyl groups excluding tert-OH is 1. The van der Waals surface area contributed by atoms with E-state index < -0.39 is 0 Å². The third-order valence-electron chi connectivity index (χ3n) is 3.47. The first kappa shape index (κ1) is 14.1. The van der Waals surface area contributed by atoms with E-state index >= 15 is 0 Å². The highest BCUT2D eigenvalue weighted by Gasteiger charge is 2.15. The van der Waals surface area contributed by atoms with Crippen LogP contribution in [-0.4, -0.2) is 22.7 Å². The SMILES string of the molecule is CCC(CC)C(O)CNc1nc2ccc(N)cc2s1. The third kappa shape index (κ3) is 3.36. The zero-order valence-corrected chi connectivity index (χ0v) is 12.2. The van der Waals surface area contributed by atoms with Gasteiger partial charge in [0.15, 0.2) is 5.13 Å². The Morgan fingerprint density at radius 3 is 2.79 bits per heavy atom. The summed E-state index contributed by atoms with van der Waals surface area (Å²) in [5.41, 5.74) is 7.44. The Morgan fingerprint density at radius 2 is 2.11 bits per heavy atom. The van der Waals surface area contributed by atoms with E-state index in [9.17, 15) is 5.11 Å². The van der Waals surface area contributed by atoms with Crippen LogP contribution in [0.2, 0.25) is 0 Å². The maximum absolute atomic E-state index is 10.1. The molecule has 0 aliphatic carbocycles. The van der Waals surface area contributed by atoms with Gasteiger partial charge in [-0.1, -0.05) is 38.0 Å². The van der Waals surface area contributed by atoms with Gasteiger partial charge < -0.3 is 16.2 Å². The summed E-state index contributed by atoms with van der Waals surface area (Å²) in [5, 5.41) is 14.1. The van der Waals surface area contributed by atoms with Crippen molar-refractivity contribution in [1.29, 1.82) is 0 Å². The van der Waals surface area contributed by atoms with Crippen LogP contribution in [0.1, 0.15) is 26.7 Å². The van der Waals surface area contributed by atoms with Crippen molar-refractivity contribution in [3.63, 3.8) is 0 Å². The Bertz CT molecular complexity index is 536. The Hall–Kier alpha value is -1.33. The van der Waals surface area contributed by atoms with Gasteiger partial charge in [-0.3, -0.25) is 0 Å². The number of aliphatic hydroxyl groups is 1. The van der Waals surface area contributed by atoms with E-state index in [1.165, 1.54) is 0 Å². The second-order valence-electron chi connectivity index (χ2n) is 4.77. The number of aromatic nitrogens is 1. The first-order valence-corrected chi connectivity index (χ1v) is 7.53. The summed E-state index contributed by atoms with van der Waals surface area (Å²) < 4.78 is 1.07. The van der Waals surface area contributed by atoms with Gasteiger partial charge in [0.25, 0.3) is 0 Å². The van der Waals surface area contributed by atoms with Crippen LogP contribution in [0.25, 0.3) is 10.2 Å². The van der Waals surface area contributed by atoms with Crippen LogP contribution in [0.4, 0.5) is 10.8 Å². The summed E-state index contributed by atoms with van der Waals surface area (Å²) in [6, 6.07) is 5.70. The molecular weight excluding hydrogens is 258 g/mol. The quantitative estimate of drug-likeness (QED) is 0.711. The third-order valence-corrected chi connectivity index (χ3v) is 4.44. The lowest BCUT2D eigenvalue weighted by atomic mass is 9.97. The number of nitrogens with zero attached hydrogens (tertiary/aromatic N) is 1. The fourth-order valence-corrected chi connectivity index (χ4v) is 3.13. The molecule has 104 valence electrons. The predicted molar refractivity (Wildman–Crippen MR) is 82.6 cm³/mol. The molecule has 1 aromatic heterocycles. The maximum Gasteiger partial charge on any atom is 0.183 e. The van der Waals surface area contributed by atoms with E-state index in [0.717, 1.165) is 33.9 Å². The van der Waals surface area contributed by atoms with Crippen LogP contribution in [0.5, 0.6) is 0 Å². The summed E-state index contributed by atoms with van der Waals surface area (Å²) in [6.07, 6.45) is 1.66. The van der Waals surface area contributed by atoms with Crippen molar-refractivity contribution in [3.8, 4) is 0 Å². The molecule has 0 amide bonds. The van der Waals surface area contributed by atoms with Crippen LogP contribution in [0, 0.1) is 5.92 Å². The molecule has 1 atom stereocenters. The highest BCUT2D eigenvalue weighted by atomic mass is 32.1. The van der Waals surface area contributed by atoms with Gasteiger partial charge in [0, 0.05) is 12.2 Å². The molecule has 0 radical (unpaired) electrons. The highest BCUT2D eigenvalue weighted by Crippen LogP contribution is 2.27. The van der Waals surface area contributed by atoms with Crippen LogP contribution in [0.3, 0.4) is 0 Å². The van der Waals surface area contributed by atoms with E-state index in [4.69, 9.17) is 5.73 Å². The van der Waals surface area contributed by atoms with E-state index in [1.54, 1.807) is 11.3 Å². The first-order valence-electron chi connectivity index (χ1n) is 6.72. The Balaban J connectivity index is 2.01. The van der Waals surface area contributed by atoms with Gasteiger partial charge in [0.2, 0.25) is 0 Å². The van der Waals surface area contributed by atoms with E-state index in [2.05, 4.69) is 24.1 Å². The summed E-state index contributed by atoms with van der Waals surface area (Å²) >= 11 is 1.57. The molecule has 2 rings (SSSR count). The lowest BCUT2D eigenvalue weighted by Crippen LogP contribution is -2.27. The molecule has 19 heavy (non-hydrogen) atoms. The summed E-state index contributed by atoms with van der Waals surface area (Å²) in [4.78, 5) is 4.48. The fourth-order valence-electron chi connectivity index (χ4n) is 2.21. The minimum Gasteiger partial charge on any atom is -0.399 e. The van der Waals surface area contributed by atoms with Crippen LogP contribution >= 0.6 is 11.3 Å². The standard InChI is InChI=1S/C14H21N3OS/c1-3-9(4-2)12(18)8-16-14-17-11-6-5-10(15)7-13(11)19-14/h5-7,9,12,18H,3-4,8,15H2,1-2H3,(H,16,17). The molecule has 4 N–H and O–H groups in total. The molecule has 0 bridgehead atoms. The number of anilines is 2. The average Bonchev–Trinajstić information content (AvgIpc) is 2.79. The van der Waals surface area contributed by atoms with Gasteiger partial charge in [-0.05, 0) is 24.1 Å². The van der Waals surface area contributed by atoms with Crippen molar-refractivity contribution in [2.24, 2.45) is 5.92 Å². The number of nitrogen functional groups attached to an aromatic ring is 1. The molecule has 1 unspecified atom stereocenters. The lowest BCUT2D eigenvalue weighted by molar-refractivity contribution is 0.114. The van der Waals surface area contributed by atoms with Crippen LogP contribution in [-0.2, 0) is 0 Å². The second-order valence-corrected chi connectivity index (χ2v) is 5.80. The number of fused-ring (bicyclic) bond motifs is 1. The minimum atomic E-state index is -0.327. The summed E-state index contributed by atoms with van der Waals surface area (Å²) in [5.74, 6) is 0.345. The van der Waals surface area contributed by atoms with Crippen LogP contribution in [0.15, 0.2) is 18.2 Å². The van der Waals surface area contributed by atoms with Crippen molar-refractivity contribution in [2.75, 3.05) is 17.6 Å². The van der Waals surface area contributed by atoms with Crippen molar-refractivity contribution in [3.05, 3.63) is 18.2 Å². The molecule has 0 aliphatic rings. The van der Waals surface area contributed by atoms with Crippen molar-refractivity contribution in [1.82, 2.24) is 4.98 Å². The van der Waals surface area contributed by atoms with Gasteiger partial charge in [-0.2, -0.15) is 0 Å². The molecule has 0 fully saturated rings. The first-order chi connectivity index (χ1) is 9.13. The Kier molecular flexibility index (Phi) is 4.61. The smallest absolute Gasteiger partial charge is 0.183 e. The van der Waals surface area contributed by atoms with Gasteiger partial charge in [-0.25, -0.2) is 4.98 Å². The Morgan fingerprint density at radius 1 is 1.37 bits per heavy atom. The second kappa shape index (κ2) is 6.21. The fraction of sp³-hybridized carbons (Fsp3) is 0.500. The number of nitrogens with one attached hydrogen (secondary N) is 1. The number of rotatable bonds is 6. The van der Waals surface area contributed by atoms with Crippen molar-refractivity contribution < 1.29 is 5.11 Å². The number of thiazole rings is 1. The zero-order valence-electron chi connectivity index (χ0n) is 11.4. The topological polar surface area (TPSA) is 71.2 Å². The summed E-state index contributed by atoms with van der Waals surface area (Å²) in [6.45, 7) is 4.76. The molecule has 0 aliphatic heterocycles. The van der Waals surface area contributed by atoms with Gasteiger partial charge in [0.1, 0.15) is 0 Å². The molecule has 0 spiro atoms. The number of hydrogen-bond donors (Lipinski definition) is 3. The number of benzene rings is 1. The van der Waals surface area contributed by atoms with Crippen molar-refractivity contribution >= 4 is 32.4 Å². The predicted octanol–water partition coefficient (Wildman–Crippen LogP) is 3.09. The lowest BCUT2D eigenvalue weighted by Gasteiger charge is -2.19. The molecule has 5 heteroatoms. The molecular formula is C14H21N3OS. The molecule has 1 heterocycles. The molecule has 4 nitrogen and oxygen atoms in total. The van der Waals surface area contributed by atoms with E-state index in [1.807, 2.05) is 18.2 Å². The number of hydrogen-bond acceptors (Lipinski definition) is 5. The summed E-state index contributed by atoms with van der Waals surface area (Å²) in [7, 11) is 0. The van der Waals surface area contributed by atoms with Crippen LogP contribution < -0.4 is 11.1 Å². The van der Waals surface area contributed by atoms with E-state index in [-0.39, 0.29) is 6.10 Å².